The zero-order chi connectivity index (χ0) is 8.77. The van der Waals surface area contributed by atoms with Gasteiger partial charge in [0.15, 0.2) is 0 Å². The van der Waals surface area contributed by atoms with Gasteiger partial charge in [0, 0.05) is 8.78 Å². The van der Waals surface area contributed by atoms with Crippen molar-refractivity contribution in [1.82, 2.24) is 0 Å². The Morgan fingerprint density at radius 3 is 3.10 bits per heavy atom. The molecular formula is C9H11N. The van der Waals surface area contributed by atoms with Crippen molar-refractivity contribution < 1.29 is 2.74 Å². The molecule has 2 rings (SSSR count). The molecule has 1 aromatic rings. The van der Waals surface area contributed by atoms with Crippen molar-refractivity contribution in [1.29, 1.82) is 0 Å². The normalized spacial score (nSPS) is 30.7. The van der Waals surface area contributed by atoms with Gasteiger partial charge < -0.3 is 5.73 Å². The summed E-state index contributed by atoms with van der Waals surface area (Å²) < 4.78 is 15.4. The number of nitrogens with two attached hydrogens (primary N) is 1. The lowest BCUT2D eigenvalue weighted by Gasteiger charge is -2.01. The van der Waals surface area contributed by atoms with E-state index in [2.05, 4.69) is 0 Å². The molecule has 10 heavy (non-hydrogen) atoms. The second-order valence-corrected chi connectivity index (χ2v) is 2.57. The summed E-state index contributed by atoms with van der Waals surface area (Å²) in [5, 5.41) is 0. The smallest absolute Gasteiger partial charge is 0.0317 e. The second kappa shape index (κ2) is 2.10. The highest BCUT2D eigenvalue weighted by Crippen LogP contribution is 2.28. The number of hydrogen-bond acceptors (Lipinski definition) is 1. The Hall–Kier alpha value is -0.820. The first-order chi connectivity index (χ1) is 5.61. The topological polar surface area (TPSA) is 26.0 Å². The van der Waals surface area contributed by atoms with Crippen molar-refractivity contribution >= 4 is 0 Å². The van der Waals surface area contributed by atoms with Crippen LogP contribution in [0, 0.1) is 0 Å². The lowest BCUT2D eigenvalue weighted by molar-refractivity contribution is 0.713. The molecule has 0 radical (unpaired) electrons. The van der Waals surface area contributed by atoms with Crippen LogP contribution in [0.4, 0.5) is 0 Å². The Labute approximate surface area is 63.7 Å². The van der Waals surface area contributed by atoms with Crippen molar-refractivity contribution in [2.45, 2.75) is 18.8 Å². The maximum atomic E-state index is 7.69. The van der Waals surface area contributed by atoms with Crippen molar-refractivity contribution in [3.05, 3.63) is 35.4 Å². The van der Waals surface area contributed by atoms with Crippen LogP contribution in [0.1, 0.15) is 26.3 Å². The molecule has 0 aliphatic heterocycles. The van der Waals surface area contributed by atoms with E-state index < -0.39 is 6.37 Å². The molecule has 0 heterocycles. The number of aryl methyl sites for hydroxylation is 1. The van der Waals surface area contributed by atoms with E-state index in [9.17, 15) is 0 Å². The van der Waals surface area contributed by atoms with Crippen LogP contribution in [0.3, 0.4) is 0 Å². The van der Waals surface area contributed by atoms with Crippen LogP contribution >= 0.6 is 0 Å². The molecule has 0 fully saturated rings. The lowest BCUT2D eigenvalue weighted by atomic mass is 10.1. The van der Waals surface area contributed by atoms with Gasteiger partial charge in [0.2, 0.25) is 0 Å². The van der Waals surface area contributed by atoms with Gasteiger partial charge in [-0.3, -0.25) is 0 Å². The molecule has 0 aromatic heterocycles. The minimum Gasteiger partial charge on any atom is -0.324 e. The highest BCUT2D eigenvalue weighted by Gasteiger charge is 2.16. The van der Waals surface area contributed by atoms with Crippen molar-refractivity contribution in [3.8, 4) is 0 Å². The monoisotopic (exact) mass is 135 g/mol. The molecule has 1 aliphatic carbocycles. The molecule has 1 aliphatic rings. The average Bonchev–Trinajstić information content (AvgIpc) is 2.25. The van der Waals surface area contributed by atoms with Crippen LogP contribution in [-0.4, -0.2) is 0 Å². The number of hydrogen-bond donors (Lipinski definition) is 1. The molecule has 0 unspecified atom stereocenters. The maximum Gasteiger partial charge on any atom is 0.0317 e. The fraction of sp³-hybridized carbons (Fsp3) is 0.333. The quantitative estimate of drug-likeness (QED) is 0.575. The minimum absolute atomic E-state index is 0.129. The lowest BCUT2D eigenvalue weighted by Crippen LogP contribution is -2.04. The van der Waals surface area contributed by atoms with E-state index in [0.29, 0.717) is 6.42 Å². The van der Waals surface area contributed by atoms with Gasteiger partial charge in [-0.15, -0.1) is 0 Å². The second-order valence-electron chi connectivity index (χ2n) is 2.57. The van der Waals surface area contributed by atoms with E-state index >= 15 is 0 Å². The third kappa shape index (κ3) is 0.745. The summed E-state index contributed by atoms with van der Waals surface area (Å²) in [6, 6.07) is 7.36. The number of fused-ring (bicyclic) bond motifs is 1. The predicted molar refractivity (Wildman–Crippen MR) is 41.7 cm³/mol. The van der Waals surface area contributed by atoms with Crippen LogP contribution in [0.2, 0.25) is 0 Å². The molecule has 0 amide bonds. The highest BCUT2D eigenvalue weighted by molar-refractivity contribution is 5.33. The Morgan fingerprint density at radius 2 is 2.30 bits per heavy atom. The average molecular weight is 135 g/mol. The molecule has 0 saturated carbocycles. The molecule has 0 bridgehead atoms. The molecule has 1 aromatic carbocycles. The number of benzene rings is 1. The largest absolute Gasteiger partial charge is 0.324 e. The summed E-state index contributed by atoms with van der Waals surface area (Å²) in [5.74, 6) is 0. The molecule has 1 atom stereocenters. The number of rotatable bonds is 0. The molecule has 2 N–H and O–H groups in total. The first-order valence-corrected chi connectivity index (χ1v) is 3.46. The third-order valence-electron chi connectivity index (χ3n) is 1.87. The van der Waals surface area contributed by atoms with Gasteiger partial charge >= 0.3 is 0 Å². The summed E-state index contributed by atoms with van der Waals surface area (Å²) in [7, 11) is 0. The molecular weight excluding hydrogens is 122 g/mol. The first-order valence-electron chi connectivity index (χ1n) is 4.46. The fourth-order valence-corrected chi connectivity index (χ4v) is 1.31. The molecule has 52 valence electrons. The van der Waals surface area contributed by atoms with Crippen LogP contribution in [0.15, 0.2) is 24.3 Å². The third-order valence-corrected chi connectivity index (χ3v) is 1.87. The summed E-state index contributed by atoms with van der Waals surface area (Å²) >= 11 is 0. The molecule has 0 spiro atoms. The van der Waals surface area contributed by atoms with E-state index in [4.69, 9.17) is 8.48 Å². The molecule has 1 heteroatoms. The standard InChI is InChI=1S/C9H11N/c10-9-6-5-7-3-1-2-4-8(7)9/h1-4,9H,5-6,10H2/t9-/m1/s1/i5D2. The van der Waals surface area contributed by atoms with Gasteiger partial charge in [-0.1, -0.05) is 24.3 Å². The van der Waals surface area contributed by atoms with E-state index in [1.54, 1.807) is 0 Å². The summed E-state index contributed by atoms with van der Waals surface area (Å²) in [6.45, 7) is 0. The van der Waals surface area contributed by atoms with Gasteiger partial charge in [-0.05, 0) is 23.9 Å². The van der Waals surface area contributed by atoms with Crippen LogP contribution in [0.25, 0.3) is 0 Å². The summed E-state index contributed by atoms with van der Waals surface area (Å²) in [5.41, 5.74) is 7.50. The Kier molecular flexibility index (Phi) is 0.868. The fourth-order valence-electron chi connectivity index (χ4n) is 1.31. The highest BCUT2D eigenvalue weighted by atomic mass is 14.6. The minimum atomic E-state index is -1.23. The van der Waals surface area contributed by atoms with Crippen molar-refractivity contribution in [2.75, 3.05) is 0 Å². The van der Waals surface area contributed by atoms with Crippen molar-refractivity contribution in [3.63, 3.8) is 0 Å². The Bertz CT molecular complexity index is 309. The van der Waals surface area contributed by atoms with Gasteiger partial charge in [-0.2, -0.15) is 0 Å². The van der Waals surface area contributed by atoms with E-state index in [1.165, 1.54) is 0 Å². The van der Waals surface area contributed by atoms with Crippen LogP contribution in [0.5, 0.6) is 0 Å². The summed E-state index contributed by atoms with van der Waals surface area (Å²) in [6.07, 6.45) is -0.817. The van der Waals surface area contributed by atoms with Crippen LogP contribution in [-0.2, 0) is 6.37 Å². The van der Waals surface area contributed by atoms with Gasteiger partial charge in [0.25, 0.3) is 0 Å². The van der Waals surface area contributed by atoms with E-state index in [-0.39, 0.29) is 6.04 Å². The molecule has 0 saturated heterocycles. The van der Waals surface area contributed by atoms with E-state index in [1.807, 2.05) is 24.3 Å². The van der Waals surface area contributed by atoms with E-state index in [0.717, 1.165) is 11.1 Å². The maximum absolute atomic E-state index is 7.69. The molecule has 1 nitrogen and oxygen atoms in total. The Balaban J connectivity index is 2.58. The van der Waals surface area contributed by atoms with Crippen LogP contribution < -0.4 is 5.73 Å². The predicted octanol–water partition coefficient (Wildman–Crippen LogP) is 1.63. The van der Waals surface area contributed by atoms with Gasteiger partial charge in [0.1, 0.15) is 0 Å². The zero-order valence-electron chi connectivity index (χ0n) is 7.67. The Morgan fingerprint density at radius 1 is 1.50 bits per heavy atom. The first kappa shape index (κ1) is 4.14. The van der Waals surface area contributed by atoms with Gasteiger partial charge in [0.05, 0.1) is 0 Å². The van der Waals surface area contributed by atoms with Gasteiger partial charge in [-0.25, -0.2) is 0 Å². The zero-order valence-corrected chi connectivity index (χ0v) is 5.67. The SMILES string of the molecule is [2H]C1([2H])C[C@@H](N)c2ccccc21. The summed E-state index contributed by atoms with van der Waals surface area (Å²) in [4.78, 5) is 0. The van der Waals surface area contributed by atoms with Crippen molar-refractivity contribution in [2.24, 2.45) is 5.73 Å².